The maximum atomic E-state index is 13.2. The van der Waals surface area contributed by atoms with Crippen LogP contribution in [0.15, 0.2) is 48.0 Å². The van der Waals surface area contributed by atoms with E-state index < -0.39 is 0 Å². The summed E-state index contributed by atoms with van der Waals surface area (Å²) in [7, 11) is 0. The lowest BCUT2D eigenvalue weighted by Gasteiger charge is -2.49. The van der Waals surface area contributed by atoms with Crippen molar-refractivity contribution in [3.05, 3.63) is 64.7 Å². The van der Waals surface area contributed by atoms with E-state index in [4.69, 9.17) is 4.74 Å². The van der Waals surface area contributed by atoms with Crippen LogP contribution in [0, 0.1) is 0 Å². The lowest BCUT2D eigenvalue weighted by Crippen LogP contribution is -2.50. The fourth-order valence-corrected chi connectivity index (χ4v) is 6.23. The predicted molar refractivity (Wildman–Crippen MR) is 154 cm³/mol. The fourth-order valence-electron chi connectivity index (χ4n) is 6.23. The van der Waals surface area contributed by atoms with E-state index in [0.717, 1.165) is 73.9 Å². The van der Waals surface area contributed by atoms with E-state index in [2.05, 4.69) is 56.0 Å². The second kappa shape index (κ2) is 12.2. The van der Waals surface area contributed by atoms with Crippen LogP contribution in [0.3, 0.4) is 0 Å². The lowest BCUT2D eigenvalue weighted by atomic mass is 9.72. The summed E-state index contributed by atoms with van der Waals surface area (Å²) in [4.78, 5) is 27.5. The number of ketones is 1. The molecular weight excluding hydrogens is 474 g/mol. The Morgan fingerprint density at radius 3 is 2.61 bits per heavy atom. The standard InChI is InChI=1S/C33H43NO4/c1-5-38-31(37)19-9-10-20-34-28-21-25(23(2)13-11-16-24-14-7-6-8-15-24)30(36)22-26(28)32-27(33(34,3)4)17-12-18-29(32)35/h6-8,14-15,21-23,36H,5,9-13,16-20H2,1-4H3. The number of aryl methyl sites for hydroxylation is 1. The van der Waals surface area contributed by atoms with Crippen molar-refractivity contribution in [1.29, 1.82) is 0 Å². The van der Waals surface area contributed by atoms with Gasteiger partial charge in [-0.15, -0.1) is 0 Å². The Hall–Kier alpha value is -3.08. The first kappa shape index (κ1) is 27.9. The molecule has 0 fully saturated rings. The molecule has 0 bridgehead atoms. The van der Waals surface area contributed by atoms with Crippen LogP contribution in [0.1, 0.15) is 102 Å². The summed E-state index contributed by atoms with van der Waals surface area (Å²) in [6, 6.07) is 14.5. The first-order chi connectivity index (χ1) is 18.2. The van der Waals surface area contributed by atoms with Gasteiger partial charge in [-0.1, -0.05) is 37.3 Å². The molecule has 0 aromatic heterocycles. The van der Waals surface area contributed by atoms with Crippen molar-refractivity contribution < 1.29 is 19.4 Å². The number of carbonyl (C=O) groups excluding carboxylic acids is 2. The third-order valence-corrected chi connectivity index (χ3v) is 8.32. The number of unbranched alkanes of at least 4 members (excludes halogenated alkanes) is 1. The molecule has 204 valence electrons. The molecule has 0 radical (unpaired) electrons. The minimum Gasteiger partial charge on any atom is -0.508 e. The van der Waals surface area contributed by atoms with Crippen molar-refractivity contribution in [2.75, 3.05) is 18.1 Å². The lowest BCUT2D eigenvalue weighted by molar-refractivity contribution is -0.143. The van der Waals surface area contributed by atoms with Crippen molar-refractivity contribution in [3.8, 4) is 5.75 Å². The number of Topliss-reactive ketones (excluding diaryl/α,β-unsaturated/α-hetero) is 1. The minimum absolute atomic E-state index is 0.148. The number of anilines is 1. The molecule has 5 heteroatoms. The molecule has 1 aliphatic heterocycles. The van der Waals surface area contributed by atoms with Crippen molar-refractivity contribution in [2.24, 2.45) is 0 Å². The number of esters is 1. The Labute approximate surface area is 227 Å². The van der Waals surface area contributed by atoms with Gasteiger partial charge in [-0.3, -0.25) is 9.59 Å². The second-order valence-electron chi connectivity index (χ2n) is 11.3. The van der Waals surface area contributed by atoms with Gasteiger partial charge in [0.15, 0.2) is 5.78 Å². The van der Waals surface area contributed by atoms with E-state index in [-0.39, 0.29) is 29.0 Å². The Kier molecular flexibility index (Phi) is 8.96. The number of aromatic hydroxyl groups is 1. The summed E-state index contributed by atoms with van der Waals surface area (Å²) in [5, 5.41) is 11.2. The molecule has 38 heavy (non-hydrogen) atoms. The SMILES string of the molecule is CCOC(=O)CCCCN1c2cc(C(C)CCCc3ccccc3)c(O)cc2C2=C(CCCC2=O)C1(C)C. The molecule has 2 aromatic carbocycles. The Bertz CT molecular complexity index is 1180. The number of hydrogen-bond donors (Lipinski definition) is 1. The fraction of sp³-hybridized carbons (Fsp3) is 0.515. The van der Waals surface area contributed by atoms with E-state index >= 15 is 0 Å². The Morgan fingerprint density at radius 1 is 1.11 bits per heavy atom. The van der Waals surface area contributed by atoms with E-state index in [9.17, 15) is 14.7 Å². The zero-order valence-corrected chi connectivity index (χ0v) is 23.5. The molecular formula is C33H43NO4. The molecule has 0 spiro atoms. The van der Waals surface area contributed by atoms with Crippen LogP contribution in [0.5, 0.6) is 5.75 Å². The minimum atomic E-state index is -0.312. The largest absolute Gasteiger partial charge is 0.508 e. The summed E-state index contributed by atoms with van der Waals surface area (Å²) < 4.78 is 5.10. The van der Waals surface area contributed by atoms with Crippen LogP contribution in [-0.4, -0.2) is 35.5 Å². The number of rotatable bonds is 11. The molecule has 1 atom stereocenters. The molecule has 5 nitrogen and oxygen atoms in total. The van der Waals surface area contributed by atoms with Crippen LogP contribution in [0.25, 0.3) is 5.57 Å². The number of benzene rings is 2. The second-order valence-corrected chi connectivity index (χ2v) is 11.3. The van der Waals surface area contributed by atoms with Crippen LogP contribution >= 0.6 is 0 Å². The number of fused-ring (bicyclic) bond motifs is 2. The third kappa shape index (κ3) is 5.98. The van der Waals surface area contributed by atoms with Crippen molar-refractivity contribution >= 4 is 23.0 Å². The summed E-state index contributed by atoms with van der Waals surface area (Å²) in [6.07, 6.45) is 7.37. The highest BCUT2D eigenvalue weighted by Gasteiger charge is 2.42. The van der Waals surface area contributed by atoms with E-state index in [1.807, 2.05) is 19.1 Å². The van der Waals surface area contributed by atoms with Gasteiger partial charge in [0.05, 0.1) is 12.1 Å². The average molecular weight is 518 g/mol. The van der Waals surface area contributed by atoms with Gasteiger partial charge in [-0.05, 0) is 100 Å². The topological polar surface area (TPSA) is 66.8 Å². The van der Waals surface area contributed by atoms with E-state index in [1.54, 1.807) is 0 Å². The highest BCUT2D eigenvalue weighted by Crippen LogP contribution is 2.50. The molecule has 0 amide bonds. The number of allylic oxidation sites excluding steroid dienone is 1. The molecule has 1 unspecified atom stereocenters. The van der Waals surface area contributed by atoms with Crippen LogP contribution in [-0.2, 0) is 20.7 Å². The van der Waals surface area contributed by atoms with Gasteiger partial charge < -0.3 is 14.7 Å². The number of phenolic OH excluding ortho intramolecular Hbond substituents is 1. The first-order valence-corrected chi connectivity index (χ1v) is 14.3. The summed E-state index contributed by atoms with van der Waals surface area (Å²) in [6.45, 7) is 9.62. The molecule has 0 saturated carbocycles. The van der Waals surface area contributed by atoms with Crippen molar-refractivity contribution in [1.82, 2.24) is 0 Å². The monoisotopic (exact) mass is 517 g/mol. The van der Waals surface area contributed by atoms with Gasteiger partial charge in [0.25, 0.3) is 0 Å². The summed E-state index contributed by atoms with van der Waals surface area (Å²) in [5.74, 6) is 0.509. The number of ether oxygens (including phenoxy) is 1. The molecule has 2 aliphatic rings. The van der Waals surface area contributed by atoms with Crippen molar-refractivity contribution in [3.63, 3.8) is 0 Å². The highest BCUT2D eigenvalue weighted by molar-refractivity contribution is 6.25. The molecule has 4 rings (SSSR count). The normalized spacial score (nSPS) is 17.2. The Balaban J connectivity index is 1.60. The first-order valence-electron chi connectivity index (χ1n) is 14.3. The van der Waals surface area contributed by atoms with Gasteiger partial charge >= 0.3 is 5.97 Å². The maximum absolute atomic E-state index is 13.2. The molecule has 1 aliphatic carbocycles. The van der Waals surface area contributed by atoms with E-state index in [0.29, 0.717) is 19.4 Å². The number of nitrogens with zero attached hydrogens (tertiary/aromatic N) is 1. The number of phenols is 1. The average Bonchev–Trinajstić information content (AvgIpc) is 2.89. The van der Waals surface area contributed by atoms with Crippen LogP contribution < -0.4 is 4.90 Å². The summed E-state index contributed by atoms with van der Waals surface area (Å²) >= 11 is 0. The zero-order valence-electron chi connectivity index (χ0n) is 23.5. The number of carbonyl (C=O) groups is 2. The molecule has 0 saturated heterocycles. The molecule has 1 heterocycles. The quantitative estimate of drug-likeness (QED) is 0.249. The smallest absolute Gasteiger partial charge is 0.305 e. The van der Waals surface area contributed by atoms with Crippen LogP contribution in [0.4, 0.5) is 5.69 Å². The zero-order chi connectivity index (χ0) is 27.3. The van der Waals surface area contributed by atoms with Gasteiger partial charge in [0.2, 0.25) is 0 Å². The molecule has 2 aromatic rings. The highest BCUT2D eigenvalue weighted by atomic mass is 16.5. The van der Waals surface area contributed by atoms with E-state index in [1.165, 1.54) is 11.1 Å². The van der Waals surface area contributed by atoms with Gasteiger partial charge in [0, 0.05) is 36.2 Å². The maximum Gasteiger partial charge on any atom is 0.305 e. The number of hydrogen-bond acceptors (Lipinski definition) is 5. The predicted octanol–water partition coefficient (Wildman–Crippen LogP) is 7.36. The van der Waals surface area contributed by atoms with Gasteiger partial charge in [-0.2, -0.15) is 0 Å². The third-order valence-electron chi connectivity index (χ3n) is 8.32. The Morgan fingerprint density at radius 2 is 1.87 bits per heavy atom. The summed E-state index contributed by atoms with van der Waals surface area (Å²) in [5.41, 5.74) is 5.85. The van der Waals surface area contributed by atoms with Crippen molar-refractivity contribution in [2.45, 2.75) is 96.9 Å². The van der Waals surface area contributed by atoms with Gasteiger partial charge in [-0.25, -0.2) is 0 Å². The van der Waals surface area contributed by atoms with Gasteiger partial charge in [0.1, 0.15) is 5.75 Å². The molecule has 1 N–H and O–H groups in total. The van der Waals surface area contributed by atoms with Crippen LogP contribution in [0.2, 0.25) is 0 Å².